The van der Waals surface area contributed by atoms with Crippen LogP contribution in [0.25, 0.3) is 0 Å². The number of nitrogens with one attached hydrogen (secondary N) is 1. The van der Waals surface area contributed by atoms with Gasteiger partial charge in [-0.2, -0.15) is 0 Å². The molecule has 5 nitrogen and oxygen atoms in total. The highest BCUT2D eigenvalue weighted by Crippen LogP contribution is 2.30. The predicted octanol–water partition coefficient (Wildman–Crippen LogP) is 3.22. The van der Waals surface area contributed by atoms with E-state index in [4.69, 9.17) is 9.47 Å². The van der Waals surface area contributed by atoms with Crippen LogP contribution < -0.4 is 14.8 Å². The Bertz CT molecular complexity index is 697. The molecule has 3 rings (SSSR count). The number of benzene rings is 1. The van der Waals surface area contributed by atoms with E-state index in [-0.39, 0.29) is 12.4 Å². The van der Waals surface area contributed by atoms with Crippen molar-refractivity contribution in [3.05, 3.63) is 66.5 Å². The highest BCUT2D eigenvalue weighted by atomic mass is 35.5. The van der Waals surface area contributed by atoms with Gasteiger partial charge in [-0.1, -0.05) is 24.8 Å². The number of aromatic nitrogens is 1. The first kappa shape index (κ1) is 20.2. The van der Waals surface area contributed by atoms with Crippen LogP contribution in [0.15, 0.2) is 55.4 Å². The Labute approximate surface area is 161 Å². The van der Waals surface area contributed by atoms with Crippen LogP contribution in [0.2, 0.25) is 0 Å². The van der Waals surface area contributed by atoms with Gasteiger partial charge in [-0.25, -0.2) is 0 Å². The normalized spacial score (nSPS) is 17.2. The van der Waals surface area contributed by atoms with E-state index < -0.39 is 0 Å². The number of hydrogen-bond donors (Lipinski definition) is 1. The second-order valence-electron chi connectivity index (χ2n) is 6.06. The van der Waals surface area contributed by atoms with Crippen LogP contribution in [0.5, 0.6) is 11.5 Å². The zero-order chi connectivity index (χ0) is 17.5. The number of piperazine rings is 1. The van der Waals surface area contributed by atoms with E-state index in [1.54, 1.807) is 13.2 Å². The maximum atomic E-state index is 5.64. The van der Waals surface area contributed by atoms with Crippen molar-refractivity contribution < 1.29 is 9.47 Å². The summed E-state index contributed by atoms with van der Waals surface area (Å²) in [6.45, 7) is 7.93. The van der Waals surface area contributed by atoms with E-state index in [1.165, 1.54) is 11.1 Å². The van der Waals surface area contributed by atoms with Crippen molar-refractivity contribution in [3.63, 3.8) is 0 Å². The summed E-state index contributed by atoms with van der Waals surface area (Å²) in [6, 6.07) is 10.6. The first-order valence-electron chi connectivity index (χ1n) is 8.57. The summed E-state index contributed by atoms with van der Waals surface area (Å²) < 4.78 is 11.1. The maximum absolute atomic E-state index is 5.64. The molecule has 26 heavy (non-hydrogen) atoms. The Morgan fingerprint density at radius 2 is 2.23 bits per heavy atom. The summed E-state index contributed by atoms with van der Waals surface area (Å²) in [7, 11) is 1.67. The molecule has 0 amide bonds. The Morgan fingerprint density at radius 3 is 2.96 bits per heavy atom. The zero-order valence-electron chi connectivity index (χ0n) is 15.1. The average Bonchev–Trinajstić information content (AvgIpc) is 2.68. The van der Waals surface area contributed by atoms with Gasteiger partial charge < -0.3 is 14.8 Å². The molecule has 1 aromatic carbocycles. The molecule has 0 saturated carbocycles. The molecular weight excluding hydrogens is 350 g/mol. The van der Waals surface area contributed by atoms with E-state index >= 15 is 0 Å². The lowest BCUT2D eigenvalue weighted by Gasteiger charge is -2.36. The summed E-state index contributed by atoms with van der Waals surface area (Å²) >= 11 is 0. The smallest absolute Gasteiger partial charge is 0.161 e. The van der Waals surface area contributed by atoms with E-state index in [0.717, 1.165) is 37.7 Å². The second kappa shape index (κ2) is 10.2. The molecule has 2 heterocycles. The van der Waals surface area contributed by atoms with Crippen LogP contribution in [0, 0.1) is 0 Å². The number of halogens is 1. The van der Waals surface area contributed by atoms with Crippen LogP contribution in [0.3, 0.4) is 0 Å². The van der Waals surface area contributed by atoms with E-state index in [2.05, 4.69) is 40.0 Å². The average molecular weight is 376 g/mol. The van der Waals surface area contributed by atoms with Crippen LogP contribution >= 0.6 is 12.4 Å². The van der Waals surface area contributed by atoms with Crippen molar-refractivity contribution in [2.75, 3.05) is 33.4 Å². The summed E-state index contributed by atoms with van der Waals surface area (Å²) in [6.07, 6.45) is 5.50. The molecule has 1 aliphatic heterocycles. The van der Waals surface area contributed by atoms with Gasteiger partial charge in [-0.05, 0) is 29.3 Å². The van der Waals surface area contributed by atoms with Crippen LogP contribution in [0.4, 0.5) is 0 Å². The van der Waals surface area contributed by atoms with Gasteiger partial charge >= 0.3 is 0 Å². The lowest BCUT2D eigenvalue weighted by molar-refractivity contribution is 0.153. The molecule has 0 aliphatic carbocycles. The van der Waals surface area contributed by atoms with Crippen molar-refractivity contribution in [2.24, 2.45) is 0 Å². The molecule has 1 unspecified atom stereocenters. The number of hydrogen-bond acceptors (Lipinski definition) is 5. The quantitative estimate of drug-likeness (QED) is 0.753. The fraction of sp³-hybridized carbons (Fsp3) is 0.350. The van der Waals surface area contributed by atoms with Crippen LogP contribution in [-0.2, 0) is 6.54 Å². The number of pyridine rings is 1. The van der Waals surface area contributed by atoms with E-state index in [0.29, 0.717) is 12.6 Å². The summed E-state index contributed by atoms with van der Waals surface area (Å²) in [5.74, 6) is 1.50. The standard InChI is InChI=1S/C20H25N3O2.ClH/c1-3-11-25-19-7-6-16(12-20(19)24-2)15-23-10-9-22-14-18(23)17-5-4-8-21-13-17;/h3-8,12-13,18,22H,1,9-11,14-15H2,2H3;1H. The number of ether oxygens (including phenoxy) is 2. The molecule has 1 aliphatic rings. The molecule has 0 spiro atoms. The van der Waals surface area contributed by atoms with Gasteiger partial charge in [0.2, 0.25) is 0 Å². The minimum absolute atomic E-state index is 0. The van der Waals surface area contributed by atoms with E-state index in [9.17, 15) is 0 Å². The number of rotatable bonds is 7. The molecule has 0 bridgehead atoms. The van der Waals surface area contributed by atoms with Crippen molar-refractivity contribution in [2.45, 2.75) is 12.6 Å². The zero-order valence-corrected chi connectivity index (χ0v) is 15.9. The maximum Gasteiger partial charge on any atom is 0.161 e. The first-order chi connectivity index (χ1) is 12.3. The van der Waals surface area contributed by atoms with Gasteiger partial charge in [0.1, 0.15) is 6.61 Å². The molecule has 0 radical (unpaired) electrons. The molecular formula is C20H26ClN3O2. The fourth-order valence-corrected chi connectivity index (χ4v) is 3.15. The van der Waals surface area contributed by atoms with Crippen molar-refractivity contribution >= 4 is 12.4 Å². The van der Waals surface area contributed by atoms with Crippen molar-refractivity contribution in [3.8, 4) is 11.5 Å². The highest BCUT2D eigenvalue weighted by molar-refractivity contribution is 5.85. The van der Waals surface area contributed by atoms with Gasteiger partial charge in [0, 0.05) is 44.6 Å². The molecule has 140 valence electrons. The molecule has 6 heteroatoms. The fourth-order valence-electron chi connectivity index (χ4n) is 3.15. The lowest BCUT2D eigenvalue weighted by atomic mass is 10.0. The van der Waals surface area contributed by atoms with Crippen LogP contribution in [-0.4, -0.2) is 43.2 Å². The van der Waals surface area contributed by atoms with Gasteiger partial charge in [0.05, 0.1) is 7.11 Å². The third kappa shape index (κ3) is 4.97. The second-order valence-corrected chi connectivity index (χ2v) is 6.06. The largest absolute Gasteiger partial charge is 0.493 e. The van der Waals surface area contributed by atoms with Crippen LogP contribution in [0.1, 0.15) is 17.2 Å². The molecule has 1 atom stereocenters. The van der Waals surface area contributed by atoms with Gasteiger partial charge in [-0.3, -0.25) is 9.88 Å². The Morgan fingerprint density at radius 1 is 1.35 bits per heavy atom. The van der Waals surface area contributed by atoms with Gasteiger partial charge in [0.15, 0.2) is 11.5 Å². The summed E-state index contributed by atoms with van der Waals surface area (Å²) in [5.41, 5.74) is 2.45. The van der Waals surface area contributed by atoms with Crippen molar-refractivity contribution in [1.29, 1.82) is 0 Å². The van der Waals surface area contributed by atoms with Crippen molar-refractivity contribution in [1.82, 2.24) is 15.2 Å². The summed E-state index contributed by atoms with van der Waals surface area (Å²) in [4.78, 5) is 6.75. The minimum Gasteiger partial charge on any atom is -0.493 e. The topological polar surface area (TPSA) is 46.6 Å². The van der Waals surface area contributed by atoms with E-state index in [1.807, 2.05) is 24.5 Å². The monoisotopic (exact) mass is 375 g/mol. The number of methoxy groups -OCH3 is 1. The molecule has 1 aromatic heterocycles. The minimum atomic E-state index is 0. The Kier molecular flexibility index (Phi) is 7.91. The number of nitrogens with zero attached hydrogens (tertiary/aromatic N) is 2. The predicted molar refractivity (Wildman–Crippen MR) is 106 cm³/mol. The molecule has 1 fully saturated rings. The van der Waals surface area contributed by atoms with Gasteiger partial charge in [0.25, 0.3) is 0 Å². The Hall–Kier alpha value is -2.08. The highest BCUT2D eigenvalue weighted by Gasteiger charge is 2.24. The molecule has 1 N–H and O–H groups in total. The van der Waals surface area contributed by atoms with Gasteiger partial charge in [-0.15, -0.1) is 12.4 Å². The third-order valence-electron chi connectivity index (χ3n) is 4.39. The lowest BCUT2D eigenvalue weighted by Crippen LogP contribution is -2.45. The molecule has 1 saturated heterocycles. The SMILES string of the molecule is C=CCOc1ccc(CN2CCNCC2c2cccnc2)cc1OC.Cl. The first-order valence-corrected chi connectivity index (χ1v) is 8.57. The molecule has 2 aromatic rings. The third-order valence-corrected chi connectivity index (χ3v) is 4.39. The summed E-state index contributed by atoms with van der Waals surface area (Å²) in [5, 5.41) is 3.48. The Balaban J connectivity index is 0.00000243.